The van der Waals surface area contributed by atoms with Gasteiger partial charge in [-0.2, -0.15) is 4.31 Å². The Morgan fingerprint density at radius 3 is 2.47 bits per heavy atom. The second-order valence-electron chi connectivity index (χ2n) is 8.78. The van der Waals surface area contributed by atoms with Crippen LogP contribution in [0.25, 0.3) is 0 Å². The fraction of sp³-hybridized carbons (Fsp3) is 0.458. The molecule has 1 amide bonds. The van der Waals surface area contributed by atoms with E-state index in [2.05, 4.69) is 0 Å². The fourth-order valence-corrected chi connectivity index (χ4v) is 7.08. The third kappa shape index (κ3) is 4.07. The molecule has 8 heteroatoms. The first-order chi connectivity index (χ1) is 15.3. The summed E-state index contributed by atoms with van der Waals surface area (Å²) in [4.78, 5) is 12.2. The van der Waals surface area contributed by atoms with Gasteiger partial charge < -0.3 is 10.5 Å². The zero-order chi connectivity index (χ0) is 22.9. The largest absolute Gasteiger partial charge is 0.381 e. The van der Waals surface area contributed by atoms with Gasteiger partial charge in [0.2, 0.25) is 15.9 Å². The van der Waals surface area contributed by atoms with E-state index in [4.69, 9.17) is 10.5 Å². The molecule has 172 valence electrons. The van der Waals surface area contributed by atoms with E-state index in [1.807, 2.05) is 37.3 Å². The van der Waals surface area contributed by atoms with Gasteiger partial charge in [0.05, 0.1) is 5.41 Å². The number of nitrogens with zero attached hydrogens (tertiary/aromatic N) is 1. The molecule has 0 saturated carbocycles. The van der Waals surface area contributed by atoms with Crippen LogP contribution in [0.3, 0.4) is 0 Å². The topological polar surface area (TPSA) is 89.7 Å². The first-order valence-corrected chi connectivity index (χ1v) is 12.5. The number of ether oxygens (including phenoxy) is 1. The minimum Gasteiger partial charge on any atom is -0.381 e. The highest BCUT2D eigenvalue weighted by Crippen LogP contribution is 2.39. The molecule has 0 aliphatic carbocycles. The third-order valence-electron chi connectivity index (χ3n) is 6.95. The Kier molecular flexibility index (Phi) is 6.38. The number of carbonyl (C=O) groups is 1. The summed E-state index contributed by atoms with van der Waals surface area (Å²) in [7, 11) is -3.66. The second kappa shape index (κ2) is 8.92. The number of nitrogens with two attached hydrogens (primary N) is 1. The number of rotatable bonds is 5. The van der Waals surface area contributed by atoms with Crippen molar-refractivity contribution in [3.05, 3.63) is 71.0 Å². The third-order valence-corrected chi connectivity index (χ3v) is 9.32. The number of hydrogen-bond acceptors (Lipinski definition) is 4. The van der Waals surface area contributed by atoms with Crippen molar-refractivity contribution in [1.82, 2.24) is 4.31 Å². The molecular weight excluding hydrogens is 431 g/mol. The van der Waals surface area contributed by atoms with E-state index in [1.165, 1.54) is 10.4 Å². The summed E-state index contributed by atoms with van der Waals surface area (Å²) in [5.74, 6) is -1.02. The van der Waals surface area contributed by atoms with Crippen molar-refractivity contribution < 1.29 is 22.3 Å². The summed E-state index contributed by atoms with van der Waals surface area (Å²) in [6, 6.07) is 13.5. The quantitative estimate of drug-likeness (QED) is 0.740. The van der Waals surface area contributed by atoms with Crippen LogP contribution in [-0.2, 0) is 31.5 Å². The molecule has 0 radical (unpaired) electrons. The number of hydrogen-bond donors (Lipinski definition) is 1. The lowest BCUT2D eigenvalue weighted by Gasteiger charge is -2.38. The van der Waals surface area contributed by atoms with Crippen LogP contribution in [0.5, 0.6) is 0 Å². The molecule has 2 heterocycles. The van der Waals surface area contributed by atoms with Gasteiger partial charge in [-0.1, -0.05) is 42.5 Å². The minimum atomic E-state index is -3.66. The highest BCUT2D eigenvalue weighted by Gasteiger charge is 2.42. The molecular formula is C24H29FN2O4S. The molecule has 32 heavy (non-hydrogen) atoms. The molecule has 2 unspecified atom stereocenters. The van der Waals surface area contributed by atoms with Crippen molar-refractivity contribution in [2.24, 2.45) is 5.73 Å². The average Bonchev–Trinajstić information content (AvgIpc) is 2.78. The Bertz CT molecular complexity index is 1080. The monoisotopic (exact) mass is 460 g/mol. The molecule has 0 aromatic heterocycles. The standard InChI is InChI=1S/C24H29FN2O4S/c1-17-7-10-22(18-5-3-2-4-6-18)32(29,30)27(17)16-19-8-9-20(15-21(19)25)24(23(26)28)11-13-31-14-12-24/h2-6,8-9,15,17,22H,7,10-14,16H2,1H3,(H2,26,28). The normalized spacial score (nSPS) is 25.3. The van der Waals surface area contributed by atoms with Crippen LogP contribution in [-0.4, -0.2) is 37.9 Å². The number of amides is 1. The van der Waals surface area contributed by atoms with Gasteiger partial charge in [-0.15, -0.1) is 0 Å². The van der Waals surface area contributed by atoms with E-state index in [-0.39, 0.29) is 18.2 Å². The SMILES string of the molecule is CC1CCC(c2ccccc2)S(=O)(=O)N1Cc1ccc(C2(C(N)=O)CCOCC2)cc1F. The Morgan fingerprint density at radius 1 is 1.16 bits per heavy atom. The van der Waals surface area contributed by atoms with E-state index in [0.29, 0.717) is 44.5 Å². The molecule has 2 atom stereocenters. The van der Waals surface area contributed by atoms with E-state index in [9.17, 15) is 13.2 Å². The number of benzene rings is 2. The first-order valence-electron chi connectivity index (χ1n) is 11.0. The molecule has 0 spiro atoms. The van der Waals surface area contributed by atoms with Crippen molar-refractivity contribution in [3.8, 4) is 0 Å². The molecule has 2 aromatic carbocycles. The lowest BCUT2D eigenvalue weighted by Crippen LogP contribution is -2.46. The molecule has 2 aromatic rings. The molecule has 2 N–H and O–H groups in total. The van der Waals surface area contributed by atoms with Gasteiger partial charge >= 0.3 is 0 Å². The van der Waals surface area contributed by atoms with Gasteiger partial charge in [0.1, 0.15) is 11.1 Å². The summed E-state index contributed by atoms with van der Waals surface area (Å²) < 4.78 is 48.8. The zero-order valence-corrected chi connectivity index (χ0v) is 19.0. The van der Waals surface area contributed by atoms with Crippen molar-refractivity contribution in [1.29, 1.82) is 0 Å². The lowest BCUT2D eigenvalue weighted by molar-refractivity contribution is -0.127. The molecule has 2 saturated heterocycles. The van der Waals surface area contributed by atoms with E-state index < -0.39 is 32.4 Å². The molecule has 0 bridgehead atoms. The predicted molar refractivity (Wildman–Crippen MR) is 120 cm³/mol. The lowest BCUT2D eigenvalue weighted by atomic mass is 9.73. The van der Waals surface area contributed by atoms with Gasteiger partial charge in [0.15, 0.2) is 0 Å². The maximum atomic E-state index is 15.2. The number of carbonyl (C=O) groups excluding carboxylic acids is 1. The number of sulfonamides is 1. The summed E-state index contributed by atoms with van der Waals surface area (Å²) in [5, 5.41) is -0.636. The van der Waals surface area contributed by atoms with Crippen LogP contribution in [0.15, 0.2) is 48.5 Å². The average molecular weight is 461 g/mol. The fourth-order valence-electron chi connectivity index (χ4n) is 4.89. The summed E-state index contributed by atoms with van der Waals surface area (Å²) in [5.41, 5.74) is 6.29. The molecule has 2 aliphatic heterocycles. The first kappa shape index (κ1) is 22.9. The Labute approximate surface area is 188 Å². The zero-order valence-electron chi connectivity index (χ0n) is 18.2. The highest BCUT2D eigenvalue weighted by atomic mass is 32.2. The van der Waals surface area contributed by atoms with Crippen molar-refractivity contribution >= 4 is 15.9 Å². The van der Waals surface area contributed by atoms with Crippen LogP contribution in [0.2, 0.25) is 0 Å². The van der Waals surface area contributed by atoms with Crippen LogP contribution in [0.1, 0.15) is 54.5 Å². The van der Waals surface area contributed by atoms with Gasteiger partial charge in [-0.25, -0.2) is 12.8 Å². The Morgan fingerprint density at radius 2 is 1.84 bits per heavy atom. The van der Waals surface area contributed by atoms with Gasteiger partial charge in [0.25, 0.3) is 0 Å². The van der Waals surface area contributed by atoms with Crippen LogP contribution in [0.4, 0.5) is 4.39 Å². The summed E-state index contributed by atoms with van der Waals surface area (Å²) in [6.45, 7) is 2.58. The molecule has 4 rings (SSSR count). The molecule has 6 nitrogen and oxygen atoms in total. The maximum absolute atomic E-state index is 15.2. The number of primary amides is 1. The maximum Gasteiger partial charge on any atom is 0.228 e. The van der Waals surface area contributed by atoms with Crippen LogP contribution < -0.4 is 5.73 Å². The molecule has 2 fully saturated rings. The van der Waals surface area contributed by atoms with E-state index in [1.54, 1.807) is 12.1 Å². The highest BCUT2D eigenvalue weighted by molar-refractivity contribution is 7.89. The summed E-state index contributed by atoms with van der Waals surface area (Å²) >= 11 is 0. The second-order valence-corrected chi connectivity index (χ2v) is 10.8. The summed E-state index contributed by atoms with van der Waals surface area (Å²) in [6.07, 6.45) is 2.03. The van der Waals surface area contributed by atoms with E-state index >= 15 is 4.39 Å². The Balaban J connectivity index is 1.62. The minimum absolute atomic E-state index is 0.0500. The Hall–Kier alpha value is -2.29. The van der Waals surface area contributed by atoms with Crippen molar-refractivity contribution in [3.63, 3.8) is 0 Å². The van der Waals surface area contributed by atoms with E-state index in [0.717, 1.165) is 5.56 Å². The van der Waals surface area contributed by atoms with Gasteiger partial charge in [-0.3, -0.25) is 4.79 Å². The number of halogens is 1. The van der Waals surface area contributed by atoms with Crippen LogP contribution >= 0.6 is 0 Å². The molecule has 2 aliphatic rings. The predicted octanol–water partition coefficient (Wildman–Crippen LogP) is 3.41. The van der Waals surface area contributed by atoms with Crippen molar-refractivity contribution in [2.75, 3.05) is 13.2 Å². The van der Waals surface area contributed by atoms with Gasteiger partial charge in [-0.05, 0) is 49.8 Å². The van der Waals surface area contributed by atoms with Crippen molar-refractivity contribution in [2.45, 2.75) is 55.9 Å². The smallest absolute Gasteiger partial charge is 0.228 e. The van der Waals surface area contributed by atoms with Crippen LogP contribution in [0, 0.1) is 5.82 Å². The van der Waals surface area contributed by atoms with Gasteiger partial charge in [0, 0.05) is 31.4 Å².